The summed E-state index contributed by atoms with van der Waals surface area (Å²) in [7, 11) is 2.13. The van der Waals surface area contributed by atoms with Crippen LogP contribution in [-0.2, 0) is 4.79 Å². The zero-order valence-electron chi connectivity index (χ0n) is 9.63. The lowest BCUT2D eigenvalue weighted by Crippen LogP contribution is -2.41. The lowest BCUT2D eigenvalue weighted by molar-refractivity contribution is -0.121. The fourth-order valence-electron chi connectivity index (χ4n) is 1.56. The van der Waals surface area contributed by atoms with Gasteiger partial charge in [0.1, 0.15) is 0 Å². The van der Waals surface area contributed by atoms with E-state index in [1.807, 2.05) is 0 Å². The number of alkyl halides is 1. The standard InChI is InChI=1S/C11H21ClN2O/c1-9(14(2)10-5-6-10)8-13-11(15)4-3-7-12/h9-10H,3-8H2,1-2H3,(H,13,15). The Balaban J connectivity index is 2.09. The van der Waals surface area contributed by atoms with Crippen molar-refractivity contribution in [2.45, 2.75) is 44.7 Å². The minimum Gasteiger partial charge on any atom is -0.355 e. The fraction of sp³-hybridized carbons (Fsp3) is 0.909. The summed E-state index contributed by atoms with van der Waals surface area (Å²) in [4.78, 5) is 13.7. The van der Waals surface area contributed by atoms with E-state index in [4.69, 9.17) is 11.6 Å². The second-order valence-electron chi connectivity index (χ2n) is 4.34. The maximum atomic E-state index is 11.3. The van der Waals surface area contributed by atoms with Gasteiger partial charge in [0.05, 0.1) is 0 Å². The highest BCUT2D eigenvalue weighted by atomic mass is 35.5. The number of hydrogen-bond acceptors (Lipinski definition) is 2. The maximum Gasteiger partial charge on any atom is 0.220 e. The number of carbonyl (C=O) groups excluding carboxylic acids is 1. The maximum absolute atomic E-state index is 11.3. The fourth-order valence-corrected chi connectivity index (χ4v) is 1.70. The Hall–Kier alpha value is -0.280. The largest absolute Gasteiger partial charge is 0.355 e. The van der Waals surface area contributed by atoms with E-state index < -0.39 is 0 Å². The number of carbonyl (C=O) groups is 1. The van der Waals surface area contributed by atoms with E-state index in [1.54, 1.807) is 0 Å². The van der Waals surface area contributed by atoms with Gasteiger partial charge in [-0.05, 0) is 33.2 Å². The van der Waals surface area contributed by atoms with E-state index in [9.17, 15) is 4.79 Å². The molecule has 15 heavy (non-hydrogen) atoms. The van der Waals surface area contributed by atoms with Crippen LogP contribution in [0, 0.1) is 0 Å². The average molecular weight is 233 g/mol. The number of nitrogens with zero attached hydrogens (tertiary/aromatic N) is 1. The molecule has 4 heteroatoms. The summed E-state index contributed by atoms with van der Waals surface area (Å²) in [5, 5.41) is 2.94. The average Bonchev–Trinajstić information content (AvgIpc) is 3.05. The van der Waals surface area contributed by atoms with Crippen molar-refractivity contribution in [3.8, 4) is 0 Å². The second kappa shape index (κ2) is 6.33. The van der Waals surface area contributed by atoms with Gasteiger partial charge in [-0.15, -0.1) is 11.6 Å². The normalized spacial score (nSPS) is 17.9. The third-order valence-corrected chi connectivity index (χ3v) is 3.22. The SMILES string of the molecule is CC(CNC(=O)CCCCl)N(C)C1CC1. The molecule has 1 rings (SSSR count). The van der Waals surface area contributed by atoms with Gasteiger partial charge in [0, 0.05) is 30.9 Å². The molecule has 0 radical (unpaired) electrons. The first-order valence-electron chi connectivity index (χ1n) is 5.69. The number of halogens is 1. The lowest BCUT2D eigenvalue weighted by atomic mass is 10.2. The summed E-state index contributed by atoms with van der Waals surface area (Å²) in [5.41, 5.74) is 0. The van der Waals surface area contributed by atoms with Crippen molar-refractivity contribution in [1.29, 1.82) is 0 Å². The molecule has 1 atom stereocenters. The van der Waals surface area contributed by atoms with Gasteiger partial charge in [-0.3, -0.25) is 9.69 Å². The van der Waals surface area contributed by atoms with Crippen molar-refractivity contribution >= 4 is 17.5 Å². The van der Waals surface area contributed by atoms with Crippen molar-refractivity contribution < 1.29 is 4.79 Å². The summed E-state index contributed by atoms with van der Waals surface area (Å²) in [6.07, 6.45) is 3.92. The molecule has 0 aliphatic heterocycles. The summed E-state index contributed by atoms with van der Waals surface area (Å²) in [6, 6.07) is 1.18. The number of likely N-dealkylation sites (N-methyl/N-ethyl adjacent to an activating group) is 1. The van der Waals surface area contributed by atoms with E-state index in [0.717, 1.165) is 19.0 Å². The number of amides is 1. The molecule has 0 aromatic rings. The first-order valence-corrected chi connectivity index (χ1v) is 6.23. The minimum atomic E-state index is 0.117. The van der Waals surface area contributed by atoms with Crippen LogP contribution < -0.4 is 5.32 Å². The highest BCUT2D eigenvalue weighted by Gasteiger charge is 2.28. The molecular weight excluding hydrogens is 212 g/mol. The molecule has 0 bridgehead atoms. The molecule has 1 saturated carbocycles. The van der Waals surface area contributed by atoms with E-state index in [0.29, 0.717) is 18.3 Å². The summed E-state index contributed by atoms with van der Waals surface area (Å²) >= 11 is 5.52. The quantitative estimate of drug-likeness (QED) is 0.677. The Morgan fingerprint density at radius 3 is 2.80 bits per heavy atom. The number of nitrogens with one attached hydrogen (secondary N) is 1. The molecule has 88 valence electrons. The molecule has 1 aliphatic rings. The van der Waals surface area contributed by atoms with Crippen LogP contribution >= 0.6 is 11.6 Å². The first-order chi connectivity index (χ1) is 7.15. The molecule has 1 unspecified atom stereocenters. The second-order valence-corrected chi connectivity index (χ2v) is 4.72. The molecule has 3 nitrogen and oxygen atoms in total. The van der Waals surface area contributed by atoms with Crippen LogP contribution in [0.25, 0.3) is 0 Å². The lowest BCUT2D eigenvalue weighted by Gasteiger charge is -2.24. The Morgan fingerprint density at radius 1 is 1.60 bits per heavy atom. The third kappa shape index (κ3) is 4.85. The van der Waals surface area contributed by atoms with E-state index >= 15 is 0 Å². The molecule has 0 aromatic heterocycles. The minimum absolute atomic E-state index is 0.117. The molecule has 0 saturated heterocycles. The van der Waals surface area contributed by atoms with Gasteiger partial charge in [0.15, 0.2) is 0 Å². The van der Waals surface area contributed by atoms with Gasteiger partial charge in [-0.1, -0.05) is 0 Å². The monoisotopic (exact) mass is 232 g/mol. The van der Waals surface area contributed by atoms with Crippen LogP contribution in [-0.4, -0.2) is 42.4 Å². The Morgan fingerprint density at radius 2 is 2.27 bits per heavy atom. The Bertz CT molecular complexity index is 207. The van der Waals surface area contributed by atoms with Gasteiger partial charge in [-0.2, -0.15) is 0 Å². The van der Waals surface area contributed by atoms with Crippen LogP contribution in [0.15, 0.2) is 0 Å². The van der Waals surface area contributed by atoms with Gasteiger partial charge < -0.3 is 5.32 Å². The predicted octanol–water partition coefficient (Wildman–Crippen LogP) is 1.60. The molecule has 1 N–H and O–H groups in total. The van der Waals surface area contributed by atoms with Gasteiger partial charge in [0.25, 0.3) is 0 Å². The van der Waals surface area contributed by atoms with Crippen LogP contribution in [0.1, 0.15) is 32.6 Å². The van der Waals surface area contributed by atoms with Gasteiger partial charge in [0.2, 0.25) is 5.91 Å². The topological polar surface area (TPSA) is 32.3 Å². The smallest absolute Gasteiger partial charge is 0.220 e. The zero-order valence-corrected chi connectivity index (χ0v) is 10.4. The van der Waals surface area contributed by atoms with Crippen LogP contribution in [0.4, 0.5) is 0 Å². The highest BCUT2D eigenvalue weighted by Crippen LogP contribution is 2.26. The van der Waals surface area contributed by atoms with E-state index in [-0.39, 0.29) is 5.91 Å². The van der Waals surface area contributed by atoms with Gasteiger partial charge in [-0.25, -0.2) is 0 Å². The zero-order chi connectivity index (χ0) is 11.3. The summed E-state index contributed by atoms with van der Waals surface area (Å²) in [5.74, 6) is 0.678. The third-order valence-electron chi connectivity index (χ3n) is 2.95. The van der Waals surface area contributed by atoms with Crippen molar-refractivity contribution in [3.05, 3.63) is 0 Å². The van der Waals surface area contributed by atoms with Crippen molar-refractivity contribution in [2.24, 2.45) is 0 Å². The molecule has 1 aliphatic carbocycles. The van der Waals surface area contributed by atoms with Crippen LogP contribution in [0.3, 0.4) is 0 Å². The van der Waals surface area contributed by atoms with Gasteiger partial charge >= 0.3 is 0 Å². The van der Waals surface area contributed by atoms with Crippen LogP contribution in [0.2, 0.25) is 0 Å². The highest BCUT2D eigenvalue weighted by molar-refractivity contribution is 6.17. The summed E-state index contributed by atoms with van der Waals surface area (Å²) < 4.78 is 0. The van der Waals surface area contributed by atoms with E-state index in [2.05, 4.69) is 24.2 Å². The first kappa shape index (κ1) is 12.8. The van der Waals surface area contributed by atoms with E-state index in [1.165, 1.54) is 12.8 Å². The molecule has 0 aromatic carbocycles. The molecule has 1 fully saturated rings. The number of rotatable bonds is 7. The number of hydrogen-bond donors (Lipinski definition) is 1. The van der Waals surface area contributed by atoms with Crippen molar-refractivity contribution in [1.82, 2.24) is 10.2 Å². The van der Waals surface area contributed by atoms with Crippen LogP contribution in [0.5, 0.6) is 0 Å². The summed E-state index contributed by atoms with van der Waals surface area (Å²) in [6.45, 7) is 2.90. The molecular formula is C11H21ClN2O. The molecule has 0 heterocycles. The predicted molar refractivity (Wildman–Crippen MR) is 63.2 cm³/mol. The van der Waals surface area contributed by atoms with Crippen molar-refractivity contribution in [2.75, 3.05) is 19.5 Å². The molecule has 0 spiro atoms. The van der Waals surface area contributed by atoms with Crippen molar-refractivity contribution in [3.63, 3.8) is 0 Å². The Kier molecular flexibility index (Phi) is 5.40. The Labute approximate surface area is 97.2 Å². The molecule has 1 amide bonds.